The molecule has 3 N–H and O–H groups in total. The fraction of sp³-hybridized carbons (Fsp3) is 0.676. The van der Waals surface area contributed by atoms with Crippen molar-refractivity contribution in [2.75, 3.05) is 0 Å². The van der Waals surface area contributed by atoms with Crippen molar-refractivity contribution in [3.63, 3.8) is 0 Å². The van der Waals surface area contributed by atoms with E-state index in [1.165, 1.54) is 0 Å². The first kappa shape index (κ1) is 34.6. The van der Waals surface area contributed by atoms with Gasteiger partial charge in [0.05, 0.1) is 6.04 Å². The van der Waals surface area contributed by atoms with Crippen LogP contribution in [-0.4, -0.2) is 29.6 Å². The summed E-state index contributed by atoms with van der Waals surface area (Å²) in [5, 5.41) is 3.11. The van der Waals surface area contributed by atoms with Crippen LogP contribution in [0.4, 0.5) is 0 Å². The Bertz CT molecular complexity index is 918. The van der Waals surface area contributed by atoms with Crippen molar-refractivity contribution in [3.05, 3.63) is 36.5 Å². The van der Waals surface area contributed by atoms with Crippen LogP contribution >= 0.6 is 0 Å². The molecule has 0 radical (unpaired) electrons. The van der Waals surface area contributed by atoms with Gasteiger partial charge in [0.25, 0.3) is 0 Å². The van der Waals surface area contributed by atoms with E-state index >= 15 is 0 Å². The van der Waals surface area contributed by atoms with Crippen LogP contribution in [0, 0.1) is 41.4 Å². The lowest BCUT2D eigenvalue weighted by molar-refractivity contribution is -0.134. The van der Waals surface area contributed by atoms with Crippen molar-refractivity contribution in [3.8, 4) is 12.3 Å². The molecule has 1 amide bonds. The standard InChI is InChI=1S/C34H54N2O3/c1-9-11-20-27(22-30(37)24(3)4)36-33(39)28(29(17-10-2)34(6,7)8)23-31(38)32(35)26-19-16-14-12-13-15-18-25(5)21-26/h1,12,14-15,18,25-29,32H,3,10-11,13,16-17,19-23,35H2,2,4-8H3,(H,36,39)/b14-12-,18-15-/t25?,26?,27?,28?,29-,32?/m0/s1. The van der Waals surface area contributed by atoms with E-state index in [4.69, 9.17) is 12.2 Å². The molecule has 1 aliphatic carbocycles. The van der Waals surface area contributed by atoms with Crippen molar-refractivity contribution in [2.45, 2.75) is 118 Å². The number of carbonyl (C=O) groups is 3. The molecule has 0 spiro atoms. The number of Topliss-reactive ketones (excluding diaryl/α,β-unsaturated/α-hetero) is 2. The van der Waals surface area contributed by atoms with E-state index in [-0.39, 0.29) is 47.6 Å². The number of rotatable bonds is 14. The fourth-order valence-corrected chi connectivity index (χ4v) is 5.69. The number of carbonyl (C=O) groups excluding carboxylic acids is 3. The number of hydrogen-bond acceptors (Lipinski definition) is 4. The monoisotopic (exact) mass is 538 g/mol. The van der Waals surface area contributed by atoms with Crippen LogP contribution in [-0.2, 0) is 14.4 Å². The molecule has 0 aromatic heterocycles. The zero-order chi connectivity index (χ0) is 29.6. The third-order valence-electron chi connectivity index (χ3n) is 8.01. The molecule has 0 aliphatic heterocycles. The van der Waals surface area contributed by atoms with E-state index in [1.807, 2.05) is 0 Å². The van der Waals surface area contributed by atoms with Gasteiger partial charge in [0.15, 0.2) is 11.6 Å². The van der Waals surface area contributed by atoms with E-state index in [0.29, 0.717) is 24.3 Å². The summed E-state index contributed by atoms with van der Waals surface area (Å²) in [6.45, 7) is 16.1. The number of nitrogens with one attached hydrogen (secondary N) is 1. The topological polar surface area (TPSA) is 89.3 Å². The molecule has 5 unspecified atom stereocenters. The Hall–Kier alpha value is -2.45. The van der Waals surface area contributed by atoms with Gasteiger partial charge in [-0.25, -0.2) is 0 Å². The Kier molecular flexibility index (Phi) is 15.3. The van der Waals surface area contributed by atoms with E-state index in [1.54, 1.807) is 6.92 Å². The van der Waals surface area contributed by atoms with E-state index in [0.717, 1.165) is 38.5 Å². The predicted octanol–water partition coefficient (Wildman–Crippen LogP) is 6.72. The largest absolute Gasteiger partial charge is 0.353 e. The summed E-state index contributed by atoms with van der Waals surface area (Å²) < 4.78 is 0. The van der Waals surface area contributed by atoms with Crippen LogP contribution in [0.1, 0.15) is 106 Å². The SMILES string of the molecule is C#CCCC(CC(=O)C(=C)C)NC(=O)C(CC(=O)C(N)C1CC/C=C\C/C=C\C(C)C1)[C@H](CCC)C(C)(C)C. The van der Waals surface area contributed by atoms with Gasteiger partial charge < -0.3 is 11.1 Å². The van der Waals surface area contributed by atoms with Crippen LogP contribution in [0.3, 0.4) is 0 Å². The van der Waals surface area contributed by atoms with Crippen LogP contribution in [0.5, 0.6) is 0 Å². The average Bonchev–Trinajstić information content (AvgIpc) is 2.86. The smallest absolute Gasteiger partial charge is 0.224 e. The Balaban J connectivity index is 3.24. The van der Waals surface area contributed by atoms with Gasteiger partial charge in [0, 0.05) is 31.2 Å². The Morgan fingerprint density at radius 3 is 2.44 bits per heavy atom. The minimum atomic E-state index is -0.617. The number of nitrogens with two attached hydrogens (primary N) is 1. The molecule has 0 saturated carbocycles. The summed E-state index contributed by atoms with van der Waals surface area (Å²) in [7, 11) is 0. The summed E-state index contributed by atoms with van der Waals surface area (Å²) >= 11 is 0. The number of allylic oxidation sites excluding steroid dienone is 5. The fourth-order valence-electron chi connectivity index (χ4n) is 5.69. The molecule has 5 heteroatoms. The van der Waals surface area contributed by atoms with Crippen molar-refractivity contribution in [1.29, 1.82) is 0 Å². The van der Waals surface area contributed by atoms with Gasteiger partial charge in [0.1, 0.15) is 0 Å². The molecule has 0 heterocycles. The van der Waals surface area contributed by atoms with Crippen molar-refractivity contribution in [2.24, 2.45) is 34.8 Å². The highest BCUT2D eigenvalue weighted by Gasteiger charge is 2.39. The second kappa shape index (κ2) is 17.3. The van der Waals surface area contributed by atoms with Gasteiger partial charge in [-0.15, -0.1) is 12.3 Å². The molecule has 0 saturated heterocycles. The first-order chi connectivity index (χ1) is 18.3. The highest BCUT2D eigenvalue weighted by molar-refractivity contribution is 5.95. The van der Waals surface area contributed by atoms with Crippen LogP contribution < -0.4 is 11.1 Å². The van der Waals surface area contributed by atoms with Gasteiger partial charge in [0.2, 0.25) is 5.91 Å². The summed E-state index contributed by atoms with van der Waals surface area (Å²) in [6.07, 6.45) is 20.6. The van der Waals surface area contributed by atoms with Crippen LogP contribution in [0.15, 0.2) is 36.5 Å². The second-order valence-electron chi connectivity index (χ2n) is 12.6. The number of hydrogen-bond donors (Lipinski definition) is 2. The van der Waals surface area contributed by atoms with Crippen molar-refractivity contribution in [1.82, 2.24) is 5.32 Å². The Labute approximate surface area is 238 Å². The highest BCUT2D eigenvalue weighted by Crippen LogP contribution is 2.38. The minimum Gasteiger partial charge on any atom is -0.353 e. The molecular formula is C34H54N2O3. The van der Waals surface area contributed by atoms with Crippen molar-refractivity contribution >= 4 is 17.5 Å². The molecule has 1 aliphatic rings. The molecule has 1 rings (SSSR count). The normalized spacial score (nSPS) is 22.8. The number of terminal acetylenes is 1. The average molecular weight is 539 g/mol. The maximum atomic E-state index is 13.9. The van der Waals surface area contributed by atoms with Crippen LogP contribution in [0.2, 0.25) is 0 Å². The lowest BCUT2D eigenvalue weighted by Crippen LogP contribution is -2.47. The molecule has 6 atom stereocenters. The second-order valence-corrected chi connectivity index (χ2v) is 12.6. The van der Waals surface area contributed by atoms with Gasteiger partial charge in [-0.2, -0.15) is 0 Å². The van der Waals surface area contributed by atoms with Gasteiger partial charge in [-0.1, -0.05) is 71.9 Å². The van der Waals surface area contributed by atoms with Crippen LogP contribution in [0.25, 0.3) is 0 Å². The number of amides is 1. The predicted molar refractivity (Wildman–Crippen MR) is 163 cm³/mol. The Morgan fingerprint density at radius 2 is 1.85 bits per heavy atom. The Morgan fingerprint density at radius 1 is 1.15 bits per heavy atom. The summed E-state index contributed by atoms with van der Waals surface area (Å²) in [5.41, 5.74) is 6.92. The van der Waals surface area contributed by atoms with Gasteiger partial charge >= 0.3 is 0 Å². The van der Waals surface area contributed by atoms with Crippen molar-refractivity contribution < 1.29 is 14.4 Å². The summed E-state index contributed by atoms with van der Waals surface area (Å²) in [6, 6.07) is -1.02. The highest BCUT2D eigenvalue weighted by atomic mass is 16.2. The summed E-state index contributed by atoms with van der Waals surface area (Å²) in [5.74, 6) is 2.11. The molecular weight excluding hydrogens is 484 g/mol. The van der Waals surface area contributed by atoms with E-state index in [9.17, 15) is 14.4 Å². The zero-order valence-electron chi connectivity index (χ0n) is 25.4. The first-order valence-electron chi connectivity index (χ1n) is 14.8. The van der Waals surface area contributed by atoms with E-state index < -0.39 is 18.0 Å². The molecule has 0 fully saturated rings. The molecule has 5 nitrogen and oxygen atoms in total. The minimum absolute atomic E-state index is 0.0161. The third kappa shape index (κ3) is 12.5. The number of ketones is 2. The lowest BCUT2D eigenvalue weighted by atomic mass is 9.68. The van der Waals surface area contributed by atoms with Gasteiger partial charge in [-0.05, 0) is 74.2 Å². The maximum absolute atomic E-state index is 13.9. The maximum Gasteiger partial charge on any atom is 0.224 e. The zero-order valence-corrected chi connectivity index (χ0v) is 25.4. The molecule has 218 valence electrons. The molecule has 0 aromatic carbocycles. The molecule has 0 aromatic rings. The lowest BCUT2D eigenvalue weighted by Gasteiger charge is -2.37. The first-order valence-corrected chi connectivity index (χ1v) is 14.8. The third-order valence-corrected chi connectivity index (χ3v) is 8.01. The quantitative estimate of drug-likeness (QED) is 0.146. The molecule has 39 heavy (non-hydrogen) atoms. The summed E-state index contributed by atoms with van der Waals surface area (Å²) in [4.78, 5) is 40.1. The van der Waals surface area contributed by atoms with E-state index in [2.05, 4.69) is 76.7 Å². The molecule has 0 bridgehead atoms. The van der Waals surface area contributed by atoms with Gasteiger partial charge in [-0.3, -0.25) is 14.4 Å².